The van der Waals surface area contributed by atoms with Gasteiger partial charge in [-0.1, -0.05) is 13.8 Å². The fraction of sp³-hybridized carbons (Fsp3) is 0.895. The third kappa shape index (κ3) is 5.93. The molecule has 0 saturated carbocycles. The van der Waals surface area contributed by atoms with Crippen LogP contribution in [0.4, 0.5) is 0 Å². The van der Waals surface area contributed by atoms with Gasteiger partial charge in [0.05, 0.1) is 18.2 Å². The van der Waals surface area contributed by atoms with Crippen molar-refractivity contribution in [3.8, 4) is 0 Å². The van der Waals surface area contributed by atoms with Gasteiger partial charge in [0.2, 0.25) is 11.8 Å². The minimum Gasteiger partial charge on any atom is -0.390 e. The quantitative estimate of drug-likeness (QED) is 0.600. The topological polar surface area (TPSA) is 84.9 Å². The van der Waals surface area contributed by atoms with Crippen LogP contribution in [0.5, 0.6) is 0 Å². The molecular weight excluding hydrogens is 332 g/mol. The lowest BCUT2D eigenvalue weighted by atomic mass is 9.79. The van der Waals surface area contributed by atoms with Crippen LogP contribution in [0.15, 0.2) is 0 Å². The van der Waals surface area contributed by atoms with Crippen LogP contribution in [0, 0.1) is 11.8 Å². The summed E-state index contributed by atoms with van der Waals surface area (Å²) in [5.74, 6) is 0.602. The van der Waals surface area contributed by atoms with Crippen molar-refractivity contribution in [3.63, 3.8) is 0 Å². The van der Waals surface area contributed by atoms with Crippen molar-refractivity contribution in [2.45, 2.75) is 71.3 Å². The Morgan fingerprint density at radius 1 is 1.19 bits per heavy atom. The van der Waals surface area contributed by atoms with Crippen LogP contribution in [0.2, 0.25) is 0 Å². The van der Waals surface area contributed by atoms with Crippen LogP contribution in [0.1, 0.15) is 41.0 Å². The van der Waals surface area contributed by atoms with E-state index in [9.17, 15) is 14.7 Å². The molecule has 1 heterocycles. The second kappa shape index (κ2) is 9.67. The molecule has 2 amide bonds. The van der Waals surface area contributed by atoms with E-state index in [1.54, 1.807) is 13.8 Å². The first-order valence-corrected chi connectivity index (χ1v) is 9.61. The maximum Gasteiger partial charge on any atom is 0.242 e. The normalized spacial score (nSPS) is 30.5. The second-order valence-electron chi connectivity index (χ2n) is 8.35. The number of rotatable bonds is 7. The first kappa shape index (κ1) is 22.9. The van der Waals surface area contributed by atoms with Crippen LogP contribution in [-0.4, -0.2) is 84.7 Å². The molecular formula is C19H38N4O3. The van der Waals surface area contributed by atoms with E-state index < -0.39 is 12.1 Å². The largest absolute Gasteiger partial charge is 0.390 e. The third-order valence-corrected chi connectivity index (χ3v) is 5.94. The van der Waals surface area contributed by atoms with Crippen molar-refractivity contribution < 1.29 is 14.7 Å². The van der Waals surface area contributed by atoms with Gasteiger partial charge in [-0.15, -0.1) is 0 Å². The highest BCUT2D eigenvalue weighted by molar-refractivity contribution is 5.89. The SMILES string of the molecule is CC(NC(=O)C1CC(C)C(C)C(C)N1C)C(=O)NC(C)C(O)CN(C)C. The molecule has 0 spiro atoms. The molecule has 0 aliphatic carbocycles. The molecule has 1 saturated heterocycles. The molecule has 26 heavy (non-hydrogen) atoms. The van der Waals surface area contributed by atoms with Gasteiger partial charge in [0.1, 0.15) is 6.04 Å². The Morgan fingerprint density at radius 3 is 2.31 bits per heavy atom. The number of likely N-dealkylation sites (N-methyl/N-ethyl adjacent to an activating group) is 2. The molecule has 0 bridgehead atoms. The van der Waals surface area contributed by atoms with Gasteiger partial charge < -0.3 is 20.6 Å². The summed E-state index contributed by atoms with van der Waals surface area (Å²) in [5, 5.41) is 15.7. The molecule has 3 N–H and O–H groups in total. The summed E-state index contributed by atoms with van der Waals surface area (Å²) in [6.07, 6.45) is 0.129. The molecule has 1 aliphatic heterocycles. The number of hydrogen-bond acceptors (Lipinski definition) is 5. The first-order valence-electron chi connectivity index (χ1n) is 9.61. The fourth-order valence-corrected chi connectivity index (χ4v) is 3.51. The molecule has 1 fully saturated rings. The Kier molecular flexibility index (Phi) is 8.50. The Labute approximate surface area is 158 Å². The van der Waals surface area contributed by atoms with Crippen LogP contribution in [0.3, 0.4) is 0 Å². The molecule has 7 nitrogen and oxygen atoms in total. The van der Waals surface area contributed by atoms with Crippen molar-refractivity contribution in [1.82, 2.24) is 20.4 Å². The lowest BCUT2D eigenvalue weighted by molar-refractivity contribution is -0.134. The number of carbonyl (C=O) groups excluding carboxylic acids is 2. The van der Waals surface area contributed by atoms with Crippen LogP contribution in [-0.2, 0) is 9.59 Å². The molecule has 7 unspecified atom stereocenters. The monoisotopic (exact) mass is 370 g/mol. The van der Waals surface area contributed by atoms with Crippen molar-refractivity contribution in [2.24, 2.45) is 11.8 Å². The Hall–Kier alpha value is -1.18. The smallest absolute Gasteiger partial charge is 0.242 e. The van der Waals surface area contributed by atoms with E-state index in [4.69, 9.17) is 0 Å². The van der Waals surface area contributed by atoms with E-state index in [0.29, 0.717) is 24.4 Å². The lowest BCUT2D eigenvalue weighted by Crippen LogP contribution is -2.59. The third-order valence-electron chi connectivity index (χ3n) is 5.94. The molecule has 0 aromatic heterocycles. The average molecular weight is 371 g/mol. The van der Waals surface area contributed by atoms with E-state index in [1.807, 2.05) is 26.0 Å². The zero-order valence-electron chi connectivity index (χ0n) is 17.6. The molecule has 1 rings (SSSR count). The van der Waals surface area contributed by atoms with Gasteiger partial charge in [-0.05, 0) is 60.2 Å². The minimum atomic E-state index is -0.662. The van der Waals surface area contributed by atoms with E-state index >= 15 is 0 Å². The predicted octanol–water partition coefficient (Wildman–Crippen LogP) is 0.283. The van der Waals surface area contributed by atoms with Gasteiger partial charge in [-0.25, -0.2) is 0 Å². The molecule has 1 aliphatic rings. The van der Waals surface area contributed by atoms with Crippen molar-refractivity contribution in [2.75, 3.05) is 27.7 Å². The molecule has 7 heteroatoms. The van der Waals surface area contributed by atoms with Crippen molar-refractivity contribution in [1.29, 1.82) is 0 Å². The summed E-state index contributed by atoms with van der Waals surface area (Å²) in [6, 6.07) is -0.930. The maximum absolute atomic E-state index is 12.7. The fourth-order valence-electron chi connectivity index (χ4n) is 3.51. The Balaban J connectivity index is 2.59. The summed E-state index contributed by atoms with van der Waals surface area (Å²) in [7, 11) is 5.70. The number of likely N-dealkylation sites (tertiary alicyclic amines) is 1. The second-order valence-corrected chi connectivity index (χ2v) is 8.35. The predicted molar refractivity (Wildman–Crippen MR) is 104 cm³/mol. The number of hydrogen-bond donors (Lipinski definition) is 3. The van der Waals surface area contributed by atoms with Gasteiger partial charge in [-0.2, -0.15) is 0 Å². The number of aliphatic hydroxyl groups is 1. The zero-order valence-corrected chi connectivity index (χ0v) is 17.6. The van der Waals surface area contributed by atoms with Crippen molar-refractivity contribution >= 4 is 11.8 Å². The van der Waals surface area contributed by atoms with Crippen LogP contribution < -0.4 is 10.6 Å². The molecule has 7 atom stereocenters. The standard InChI is InChI=1S/C19H38N4O3/c1-11-9-16(23(8)15(5)12(11)2)19(26)21-14(4)18(25)20-13(3)17(24)10-22(6)7/h11-17,24H,9-10H2,1-8H3,(H,20,25)(H,21,26). The highest BCUT2D eigenvalue weighted by Crippen LogP contribution is 2.31. The number of piperidine rings is 1. The minimum absolute atomic E-state index is 0.109. The van der Waals surface area contributed by atoms with E-state index in [1.165, 1.54) is 0 Å². The van der Waals surface area contributed by atoms with Gasteiger partial charge in [0, 0.05) is 12.6 Å². The molecule has 0 aromatic carbocycles. The molecule has 0 radical (unpaired) electrons. The maximum atomic E-state index is 12.7. The van der Waals surface area contributed by atoms with Gasteiger partial charge in [0.15, 0.2) is 0 Å². The number of aliphatic hydroxyl groups excluding tert-OH is 1. The van der Waals surface area contributed by atoms with Crippen LogP contribution in [0.25, 0.3) is 0 Å². The van der Waals surface area contributed by atoms with Gasteiger partial charge in [0.25, 0.3) is 0 Å². The summed E-state index contributed by atoms with van der Waals surface area (Å²) < 4.78 is 0. The van der Waals surface area contributed by atoms with Gasteiger partial charge in [-0.3, -0.25) is 14.5 Å². The first-order chi connectivity index (χ1) is 12.0. The average Bonchev–Trinajstić information content (AvgIpc) is 2.55. The Morgan fingerprint density at radius 2 is 1.77 bits per heavy atom. The summed E-state index contributed by atoms with van der Waals surface area (Å²) in [5.41, 5.74) is 0. The number of nitrogens with one attached hydrogen (secondary N) is 2. The molecule has 0 aromatic rings. The van der Waals surface area contributed by atoms with Crippen molar-refractivity contribution in [3.05, 3.63) is 0 Å². The summed E-state index contributed by atoms with van der Waals surface area (Å²) >= 11 is 0. The number of nitrogens with zero attached hydrogens (tertiary/aromatic N) is 2. The summed E-state index contributed by atoms with van der Waals surface area (Å²) in [6.45, 7) is 10.4. The highest BCUT2D eigenvalue weighted by atomic mass is 16.3. The van der Waals surface area contributed by atoms with E-state index in [0.717, 1.165) is 6.42 Å². The van der Waals surface area contributed by atoms with E-state index in [2.05, 4.69) is 36.3 Å². The number of carbonyl (C=O) groups is 2. The zero-order chi connectivity index (χ0) is 20.2. The molecule has 152 valence electrons. The summed E-state index contributed by atoms with van der Waals surface area (Å²) in [4.78, 5) is 29.0. The van der Waals surface area contributed by atoms with Gasteiger partial charge >= 0.3 is 0 Å². The van der Waals surface area contributed by atoms with Crippen LogP contribution >= 0.6 is 0 Å². The Bertz CT molecular complexity index is 485. The van der Waals surface area contributed by atoms with E-state index in [-0.39, 0.29) is 23.9 Å². The highest BCUT2D eigenvalue weighted by Gasteiger charge is 2.38. The number of amides is 2. The lowest BCUT2D eigenvalue weighted by Gasteiger charge is -2.44.